The fraction of sp³-hybridized carbons (Fsp3) is 0.474. The van der Waals surface area contributed by atoms with Crippen molar-refractivity contribution in [2.75, 3.05) is 26.2 Å². The highest BCUT2D eigenvalue weighted by Crippen LogP contribution is 2.39. The summed E-state index contributed by atoms with van der Waals surface area (Å²) in [6, 6.07) is 23.3. The summed E-state index contributed by atoms with van der Waals surface area (Å²) in [7, 11) is 0. The van der Waals surface area contributed by atoms with Gasteiger partial charge < -0.3 is 35.2 Å². The second kappa shape index (κ2) is 17.4. The highest BCUT2D eigenvalue weighted by molar-refractivity contribution is 6.30. The van der Waals surface area contributed by atoms with Gasteiger partial charge in [-0.2, -0.15) is 0 Å². The van der Waals surface area contributed by atoms with Crippen LogP contribution in [0.1, 0.15) is 92.1 Å². The van der Waals surface area contributed by atoms with E-state index >= 15 is 0 Å². The van der Waals surface area contributed by atoms with Crippen LogP contribution >= 0.6 is 11.6 Å². The Hall–Kier alpha value is -3.31. The summed E-state index contributed by atoms with van der Waals surface area (Å²) in [5.74, 6) is -0.0172. The average molecular weight is 678 g/mol. The summed E-state index contributed by atoms with van der Waals surface area (Å²) < 4.78 is 13.1. The summed E-state index contributed by atoms with van der Waals surface area (Å²) in [5.41, 5.74) is 3.82. The Labute approximate surface area is 288 Å². The third-order valence-corrected chi connectivity index (χ3v) is 9.59. The molecule has 2 saturated heterocycles. The molecule has 0 aliphatic carbocycles. The molecular weight excluding hydrogens is 630 g/mol. The molecule has 3 aromatic carbocycles. The lowest BCUT2D eigenvalue weighted by Gasteiger charge is -2.42. The summed E-state index contributed by atoms with van der Waals surface area (Å²) in [6.07, 6.45) is 4.09. The number of carbonyl (C=O) groups is 2. The van der Waals surface area contributed by atoms with Crippen LogP contribution in [-0.2, 0) is 37.8 Å². The van der Waals surface area contributed by atoms with Gasteiger partial charge in [0.05, 0.1) is 24.4 Å². The van der Waals surface area contributed by atoms with Crippen molar-refractivity contribution in [2.24, 2.45) is 0 Å². The third kappa shape index (κ3) is 10.3. The molecule has 48 heavy (non-hydrogen) atoms. The largest absolute Gasteiger partial charge is 0.392 e. The quantitative estimate of drug-likeness (QED) is 0.162. The summed E-state index contributed by atoms with van der Waals surface area (Å²) >= 11 is 6.07. The van der Waals surface area contributed by atoms with E-state index in [0.717, 1.165) is 66.7 Å². The monoisotopic (exact) mass is 677 g/mol. The number of aliphatic hydroxyl groups is 2. The maximum Gasteiger partial charge on any atom is 0.220 e. The Bertz CT molecular complexity index is 1460. The lowest BCUT2D eigenvalue weighted by atomic mass is 9.84. The van der Waals surface area contributed by atoms with E-state index in [1.165, 1.54) is 6.92 Å². The maximum absolute atomic E-state index is 12.3. The van der Waals surface area contributed by atoms with Gasteiger partial charge >= 0.3 is 0 Å². The molecule has 2 fully saturated rings. The zero-order chi connectivity index (χ0) is 33.9. The zero-order valence-corrected chi connectivity index (χ0v) is 28.5. The molecule has 0 radical (unpaired) electrons. The van der Waals surface area contributed by atoms with E-state index in [1.54, 1.807) is 0 Å². The number of benzene rings is 3. The van der Waals surface area contributed by atoms with Crippen molar-refractivity contribution < 1.29 is 29.3 Å². The number of hydrogen-bond donors (Lipinski definition) is 4. The number of likely N-dealkylation sites (tertiary alicyclic amines) is 1. The van der Waals surface area contributed by atoms with E-state index in [0.29, 0.717) is 43.8 Å². The van der Waals surface area contributed by atoms with Crippen molar-refractivity contribution >= 4 is 23.4 Å². The number of nitrogens with one attached hydrogen (secondary N) is 2. The van der Waals surface area contributed by atoms with Crippen LogP contribution in [0.15, 0.2) is 72.8 Å². The first-order chi connectivity index (χ1) is 23.2. The minimum absolute atomic E-state index is 0.00969. The highest BCUT2D eigenvalue weighted by Gasteiger charge is 2.37. The Kier molecular flexibility index (Phi) is 13.0. The van der Waals surface area contributed by atoms with Crippen LogP contribution in [0, 0.1) is 0 Å². The number of unbranched alkanes of at least 4 members (excludes halogenated alkanes) is 2. The normalized spacial score (nSPS) is 21.0. The lowest BCUT2D eigenvalue weighted by Crippen LogP contribution is -2.46. The molecule has 0 bridgehead atoms. The van der Waals surface area contributed by atoms with E-state index in [-0.39, 0.29) is 30.6 Å². The second-order valence-electron chi connectivity index (χ2n) is 13.0. The van der Waals surface area contributed by atoms with Gasteiger partial charge in [0, 0.05) is 63.1 Å². The van der Waals surface area contributed by atoms with E-state index in [2.05, 4.69) is 15.5 Å². The fourth-order valence-corrected chi connectivity index (χ4v) is 6.53. The predicted octanol–water partition coefficient (Wildman–Crippen LogP) is 5.67. The zero-order valence-electron chi connectivity index (χ0n) is 27.7. The Morgan fingerprint density at radius 2 is 1.54 bits per heavy atom. The first-order valence-corrected chi connectivity index (χ1v) is 17.4. The number of ether oxygens (including phenoxy) is 2. The molecule has 5 rings (SSSR count). The summed E-state index contributed by atoms with van der Waals surface area (Å²) in [5, 5.41) is 27.3. The molecule has 2 aliphatic heterocycles. The SMILES string of the molecule is CC(=O)NCCCCCC(=O)NCc1ccc([C@@H]2O[C@H](CN3CCC(O)(c4ccc(Cl)cc4)CC3)C[C@H](c3ccc(CO)cc3)O2)cc1. The smallest absolute Gasteiger partial charge is 0.220 e. The van der Waals surface area contributed by atoms with E-state index in [9.17, 15) is 19.8 Å². The number of hydrogen-bond acceptors (Lipinski definition) is 7. The lowest BCUT2D eigenvalue weighted by molar-refractivity contribution is -0.253. The molecule has 3 aromatic rings. The number of rotatable bonds is 14. The van der Waals surface area contributed by atoms with Gasteiger partial charge in [0.25, 0.3) is 0 Å². The van der Waals surface area contributed by atoms with Crippen molar-refractivity contribution in [1.29, 1.82) is 0 Å². The van der Waals surface area contributed by atoms with Gasteiger partial charge in [-0.25, -0.2) is 0 Å². The molecule has 0 aromatic heterocycles. The Morgan fingerprint density at radius 3 is 2.21 bits per heavy atom. The van der Waals surface area contributed by atoms with Crippen molar-refractivity contribution in [1.82, 2.24) is 15.5 Å². The van der Waals surface area contributed by atoms with Crippen molar-refractivity contribution in [3.8, 4) is 0 Å². The molecule has 0 unspecified atom stereocenters. The Balaban J connectivity index is 1.17. The van der Waals surface area contributed by atoms with Crippen molar-refractivity contribution in [2.45, 2.75) is 89.1 Å². The summed E-state index contributed by atoms with van der Waals surface area (Å²) in [6.45, 7) is 4.80. The van der Waals surface area contributed by atoms with Crippen molar-refractivity contribution in [3.63, 3.8) is 0 Å². The highest BCUT2D eigenvalue weighted by atomic mass is 35.5. The molecule has 4 N–H and O–H groups in total. The first kappa shape index (κ1) is 36.0. The van der Waals surface area contributed by atoms with Crippen LogP contribution < -0.4 is 10.6 Å². The van der Waals surface area contributed by atoms with Crippen LogP contribution in [-0.4, -0.2) is 59.2 Å². The summed E-state index contributed by atoms with van der Waals surface area (Å²) in [4.78, 5) is 25.7. The van der Waals surface area contributed by atoms with Gasteiger partial charge in [0.1, 0.15) is 0 Å². The molecule has 2 aliphatic rings. The standard InChI is InChI=1S/C38H48ClN3O6/c1-27(44)40-20-4-2-3-5-36(45)41-24-28-6-12-31(13-7-28)37-47-34(23-35(48-37)30-10-8-29(26-43)9-11-30)25-42-21-18-38(46,19-22-42)32-14-16-33(39)17-15-32/h6-17,34-35,37,43,46H,2-5,18-26H2,1H3,(H,40,44)(H,41,45)/t34-,35+,37+/m0/s1. The van der Waals surface area contributed by atoms with Crippen LogP contribution in [0.3, 0.4) is 0 Å². The van der Waals surface area contributed by atoms with Gasteiger partial charge in [-0.3, -0.25) is 9.59 Å². The van der Waals surface area contributed by atoms with Gasteiger partial charge in [-0.15, -0.1) is 0 Å². The molecule has 10 heteroatoms. The van der Waals surface area contributed by atoms with Crippen LogP contribution in [0.2, 0.25) is 5.02 Å². The fourth-order valence-electron chi connectivity index (χ4n) is 6.41. The van der Waals surface area contributed by atoms with E-state index in [1.807, 2.05) is 72.8 Å². The van der Waals surface area contributed by atoms with Gasteiger partial charge in [-0.1, -0.05) is 78.7 Å². The van der Waals surface area contributed by atoms with Crippen LogP contribution in [0.25, 0.3) is 0 Å². The van der Waals surface area contributed by atoms with Gasteiger partial charge in [0.15, 0.2) is 6.29 Å². The molecule has 258 valence electrons. The number of piperidine rings is 1. The Morgan fingerprint density at radius 1 is 0.875 bits per heavy atom. The van der Waals surface area contributed by atoms with Crippen LogP contribution in [0.4, 0.5) is 0 Å². The number of halogens is 1. The minimum atomic E-state index is -0.868. The first-order valence-electron chi connectivity index (χ1n) is 17.0. The molecule has 0 spiro atoms. The molecule has 2 amide bonds. The molecule has 2 heterocycles. The number of nitrogens with zero attached hydrogens (tertiary/aromatic N) is 1. The van der Waals surface area contributed by atoms with Crippen LogP contribution in [0.5, 0.6) is 0 Å². The average Bonchev–Trinajstić information content (AvgIpc) is 3.10. The van der Waals surface area contributed by atoms with Gasteiger partial charge in [-0.05, 0) is 60.1 Å². The number of carbonyl (C=O) groups excluding carboxylic acids is 2. The number of aliphatic hydroxyl groups excluding tert-OH is 1. The van der Waals surface area contributed by atoms with E-state index in [4.69, 9.17) is 21.1 Å². The predicted molar refractivity (Wildman–Crippen MR) is 185 cm³/mol. The van der Waals surface area contributed by atoms with Crippen molar-refractivity contribution in [3.05, 3.63) is 106 Å². The third-order valence-electron chi connectivity index (χ3n) is 9.34. The van der Waals surface area contributed by atoms with Gasteiger partial charge in [0.2, 0.25) is 11.8 Å². The van der Waals surface area contributed by atoms with E-state index < -0.39 is 11.9 Å². The molecular formula is C38H48ClN3O6. The topological polar surface area (TPSA) is 120 Å². The molecule has 3 atom stereocenters. The molecule has 0 saturated carbocycles. The molecule has 9 nitrogen and oxygen atoms in total. The maximum atomic E-state index is 12.3. The minimum Gasteiger partial charge on any atom is -0.392 e. The number of amides is 2. The second-order valence-corrected chi connectivity index (χ2v) is 13.4.